The molecule has 1 atom stereocenters. The predicted molar refractivity (Wildman–Crippen MR) is 89.0 cm³/mol. The Bertz CT molecular complexity index is 499. The zero-order chi connectivity index (χ0) is 15.6. The van der Waals surface area contributed by atoms with Crippen LogP contribution in [0, 0.1) is 0 Å². The van der Waals surface area contributed by atoms with Crippen LogP contribution in [0.15, 0.2) is 35.6 Å². The van der Waals surface area contributed by atoms with Gasteiger partial charge in [-0.2, -0.15) is 0 Å². The van der Waals surface area contributed by atoms with Crippen molar-refractivity contribution in [1.82, 2.24) is 4.90 Å². The van der Waals surface area contributed by atoms with Crippen LogP contribution in [0.25, 0.3) is 0 Å². The number of rotatable bonds is 2. The van der Waals surface area contributed by atoms with Crippen molar-refractivity contribution in [2.75, 3.05) is 13.2 Å². The zero-order valence-corrected chi connectivity index (χ0v) is 14.3. The molecule has 0 saturated heterocycles. The van der Waals surface area contributed by atoms with E-state index in [9.17, 15) is 4.79 Å². The monoisotopic (exact) mass is 307 g/mol. The molecule has 21 heavy (non-hydrogen) atoms. The van der Waals surface area contributed by atoms with Crippen LogP contribution in [0.4, 0.5) is 0 Å². The first-order valence-corrected chi connectivity index (χ1v) is 8.26. The van der Waals surface area contributed by atoms with E-state index in [1.165, 1.54) is 11.8 Å². The average Bonchev–Trinajstić information content (AvgIpc) is 2.59. The minimum atomic E-state index is -0.0492. The Kier molecular flexibility index (Phi) is 4.99. The third-order valence-electron chi connectivity index (χ3n) is 3.76. The minimum Gasteiger partial charge on any atom is -0.354 e. The van der Waals surface area contributed by atoms with Crippen LogP contribution in [0.3, 0.4) is 0 Å². The summed E-state index contributed by atoms with van der Waals surface area (Å²) in [4.78, 5) is 14.7. The molecule has 0 aromatic heterocycles. The van der Waals surface area contributed by atoms with Crippen molar-refractivity contribution < 1.29 is 9.53 Å². The first-order valence-electron chi connectivity index (χ1n) is 7.44. The van der Waals surface area contributed by atoms with Gasteiger partial charge in [0.05, 0.1) is 6.61 Å². The number of carbonyl (C=O) groups is 1. The van der Waals surface area contributed by atoms with Gasteiger partial charge < -0.3 is 9.64 Å². The van der Waals surface area contributed by atoms with Gasteiger partial charge in [-0.15, -0.1) is 0 Å². The van der Waals surface area contributed by atoms with Gasteiger partial charge in [-0.25, -0.2) is 0 Å². The van der Waals surface area contributed by atoms with Gasteiger partial charge >= 0.3 is 0 Å². The fraction of sp³-hybridized carbons (Fsp3) is 0.588. The molecule has 2 rings (SSSR count). The van der Waals surface area contributed by atoms with Crippen molar-refractivity contribution in [2.45, 2.75) is 51.5 Å². The zero-order valence-electron chi connectivity index (χ0n) is 13.4. The average molecular weight is 307 g/mol. The Morgan fingerprint density at radius 2 is 2.24 bits per heavy atom. The van der Waals surface area contributed by atoms with Crippen molar-refractivity contribution in [3.05, 3.63) is 35.6 Å². The maximum Gasteiger partial charge on any atom is 0.217 e. The SMILES string of the molecule is C=CC1=CCN2C(C)=C(C(=O)SC(C)(C)C)CCC2OC1. The van der Waals surface area contributed by atoms with Gasteiger partial charge in [-0.3, -0.25) is 4.79 Å². The topological polar surface area (TPSA) is 29.5 Å². The number of fused-ring (bicyclic) bond motifs is 1. The molecule has 4 heteroatoms. The quantitative estimate of drug-likeness (QED) is 0.774. The Labute approximate surface area is 132 Å². The fourth-order valence-corrected chi connectivity index (χ4v) is 3.55. The molecular formula is C17H25NO2S. The number of hydrogen-bond donors (Lipinski definition) is 0. The summed E-state index contributed by atoms with van der Waals surface area (Å²) < 4.78 is 5.89. The van der Waals surface area contributed by atoms with E-state index in [1.54, 1.807) is 0 Å². The summed E-state index contributed by atoms with van der Waals surface area (Å²) in [6.45, 7) is 13.5. The lowest BCUT2D eigenvalue weighted by Gasteiger charge is -2.37. The normalized spacial score (nSPS) is 23.3. The molecular weight excluding hydrogens is 282 g/mol. The van der Waals surface area contributed by atoms with E-state index in [2.05, 4.69) is 38.3 Å². The maximum absolute atomic E-state index is 12.5. The van der Waals surface area contributed by atoms with Crippen molar-refractivity contribution in [3.8, 4) is 0 Å². The van der Waals surface area contributed by atoms with E-state index in [-0.39, 0.29) is 16.1 Å². The maximum atomic E-state index is 12.5. The lowest BCUT2D eigenvalue weighted by Crippen LogP contribution is -2.39. The smallest absolute Gasteiger partial charge is 0.217 e. The van der Waals surface area contributed by atoms with Gasteiger partial charge in [-0.1, -0.05) is 51.3 Å². The fourth-order valence-electron chi connectivity index (χ4n) is 2.62. The van der Waals surface area contributed by atoms with Crippen molar-refractivity contribution in [3.63, 3.8) is 0 Å². The summed E-state index contributed by atoms with van der Waals surface area (Å²) >= 11 is 1.42. The molecule has 0 bridgehead atoms. The van der Waals surface area contributed by atoms with Crippen LogP contribution >= 0.6 is 11.8 Å². The number of carbonyl (C=O) groups excluding carboxylic acids is 1. The van der Waals surface area contributed by atoms with Gasteiger partial charge in [-0.05, 0) is 25.3 Å². The second-order valence-corrected chi connectivity index (χ2v) is 8.31. The summed E-state index contributed by atoms with van der Waals surface area (Å²) in [5.74, 6) is 0. The minimum absolute atomic E-state index is 0.0492. The Morgan fingerprint density at radius 3 is 2.86 bits per heavy atom. The van der Waals surface area contributed by atoms with Gasteiger partial charge in [0.1, 0.15) is 6.23 Å². The Balaban J connectivity index is 2.20. The first-order chi connectivity index (χ1) is 9.81. The third-order valence-corrected chi connectivity index (χ3v) is 4.80. The predicted octanol–water partition coefficient (Wildman–Crippen LogP) is 3.88. The lowest BCUT2D eigenvalue weighted by molar-refractivity contribution is -0.109. The molecule has 0 N–H and O–H groups in total. The van der Waals surface area contributed by atoms with Gasteiger partial charge in [0.15, 0.2) is 0 Å². The molecule has 0 aromatic rings. The molecule has 3 nitrogen and oxygen atoms in total. The molecule has 0 aliphatic carbocycles. The molecule has 116 valence electrons. The third kappa shape index (κ3) is 4.01. The van der Waals surface area contributed by atoms with E-state index in [4.69, 9.17) is 4.74 Å². The largest absolute Gasteiger partial charge is 0.354 e. The van der Waals surface area contributed by atoms with Gasteiger partial charge in [0.2, 0.25) is 5.12 Å². The highest BCUT2D eigenvalue weighted by molar-refractivity contribution is 8.15. The highest BCUT2D eigenvalue weighted by Gasteiger charge is 2.31. The Hall–Kier alpha value is -1.000. The van der Waals surface area contributed by atoms with Crippen molar-refractivity contribution >= 4 is 16.9 Å². The molecule has 2 aliphatic heterocycles. The van der Waals surface area contributed by atoms with Crippen molar-refractivity contribution in [1.29, 1.82) is 0 Å². The van der Waals surface area contributed by atoms with Crippen LogP contribution in [-0.4, -0.2) is 34.1 Å². The van der Waals surface area contributed by atoms with E-state index < -0.39 is 0 Å². The molecule has 0 saturated carbocycles. The standard InChI is InChI=1S/C17H25NO2S/c1-6-13-9-10-18-12(2)14(7-8-15(18)20-11-13)16(19)21-17(3,4)5/h6,9,15H,1,7-8,10-11H2,2-5H3. The van der Waals surface area contributed by atoms with E-state index in [0.717, 1.165) is 36.2 Å². The molecule has 0 spiro atoms. The molecule has 2 heterocycles. The van der Waals surface area contributed by atoms with Crippen LogP contribution in [0.2, 0.25) is 0 Å². The highest BCUT2D eigenvalue weighted by Crippen LogP contribution is 2.35. The van der Waals surface area contributed by atoms with E-state index in [1.807, 2.05) is 13.0 Å². The molecule has 0 amide bonds. The molecule has 2 aliphatic rings. The van der Waals surface area contributed by atoms with Crippen LogP contribution < -0.4 is 0 Å². The Morgan fingerprint density at radius 1 is 1.52 bits per heavy atom. The van der Waals surface area contributed by atoms with Crippen LogP contribution in [0.5, 0.6) is 0 Å². The molecule has 0 radical (unpaired) electrons. The number of ether oxygens (including phenoxy) is 1. The molecule has 0 fully saturated rings. The van der Waals surface area contributed by atoms with Gasteiger partial charge in [0.25, 0.3) is 0 Å². The lowest BCUT2D eigenvalue weighted by atomic mass is 10.0. The van der Waals surface area contributed by atoms with Crippen LogP contribution in [0.1, 0.15) is 40.5 Å². The number of nitrogens with zero attached hydrogens (tertiary/aromatic N) is 1. The molecule has 0 aromatic carbocycles. The number of thioether (sulfide) groups is 1. The van der Waals surface area contributed by atoms with Crippen LogP contribution in [-0.2, 0) is 9.53 Å². The summed E-state index contributed by atoms with van der Waals surface area (Å²) in [6.07, 6.45) is 5.74. The second kappa shape index (κ2) is 6.41. The highest BCUT2D eigenvalue weighted by atomic mass is 32.2. The van der Waals surface area contributed by atoms with Gasteiger partial charge in [0, 0.05) is 22.6 Å². The van der Waals surface area contributed by atoms with E-state index in [0.29, 0.717) is 6.61 Å². The summed E-state index contributed by atoms with van der Waals surface area (Å²) in [5.41, 5.74) is 3.13. The summed E-state index contributed by atoms with van der Waals surface area (Å²) in [6, 6.07) is 0. The number of hydrogen-bond acceptors (Lipinski definition) is 4. The summed E-state index contributed by atoms with van der Waals surface area (Å²) in [5, 5.41) is 0.204. The number of allylic oxidation sites excluding steroid dienone is 1. The molecule has 1 unspecified atom stereocenters. The summed E-state index contributed by atoms with van der Waals surface area (Å²) in [7, 11) is 0. The van der Waals surface area contributed by atoms with E-state index >= 15 is 0 Å². The second-order valence-electron chi connectivity index (χ2n) is 6.51. The first kappa shape index (κ1) is 16.4. The van der Waals surface area contributed by atoms with Crippen molar-refractivity contribution in [2.24, 2.45) is 0 Å².